The van der Waals surface area contributed by atoms with Crippen LogP contribution in [0.25, 0.3) is 21.8 Å². The van der Waals surface area contributed by atoms with Crippen molar-refractivity contribution in [2.75, 3.05) is 6.61 Å². The number of aromatic carboxylic acids is 1. The summed E-state index contributed by atoms with van der Waals surface area (Å²) >= 11 is 11.9. The Balaban J connectivity index is 0.000000231. The monoisotopic (exact) mass is 644 g/mol. The molecule has 13 nitrogen and oxygen atoms in total. The number of fused-ring (bicyclic) bond motifs is 2. The van der Waals surface area contributed by atoms with Crippen molar-refractivity contribution in [1.29, 1.82) is 0 Å². The van der Waals surface area contributed by atoms with Crippen molar-refractivity contribution < 1.29 is 54.5 Å². The zero-order chi connectivity index (χ0) is 29.6. The van der Waals surface area contributed by atoms with Gasteiger partial charge in [0.15, 0.2) is 11.4 Å². The molecule has 0 aliphatic carbocycles. The van der Waals surface area contributed by atoms with Gasteiger partial charge in [-0.25, -0.2) is 19.0 Å². The van der Waals surface area contributed by atoms with E-state index in [1.54, 1.807) is 30.2 Å². The van der Waals surface area contributed by atoms with Gasteiger partial charge in [0.05, 0.1) is 53.2 Å². The van der Waals surface area contributed by atoms with E-state index in [1.165, 1.54) is 10.9 Å². The number of carboxylic acid groups (broad SMARTS) is 1. The molecule has 0 spiro atoms. The molecule has 0 atom stereocenters. The number of pyridine rings is 2. The molecular weight excluding hydrogens is 622 g/mol. The van der Waals surface area contributed by atoms with Crippen LogP contribution in [-0.4, -0.2) is 69.1 Å². The first-order valence-corrected chi connectivity index (χ1v) is 13.3. The Morgan fingerprint density at radius 2 is 1.27 bits per heavy atom. The van der Waals surface area contributed by atoms with Gasteiger partial charge < -0.3 is 15.3 Å². The van der Waals surface area contributed by atoms with Gasteiger partial charge in [0.25, 0.3) is 0 Å². The third kappa shape index (κ3) is 8.78. The fraction of sp³-hybridized carbons (Fsp3) is 0.143. The quantitative estimate of drug-likeness (QED) is 0.197. The van der Waals surface area contributed by atoms with E-state index in [0.717, 1.165) is 32.9 Å². The minimum absolute atomic E-state index is 0. The molecule has 4 heterocycles. The Morgan fingerprint density at radius 3 is 1.73 bits per heavy atom. The number of carboxylic acids is 1. The fourth-order valence-corrected chi connectivity index (χ4v) is 4.36. The predicted molar refractivity (Wildman–Crippen MR) is 157 cm³/mol. The Kier molecular flexibility index (Phi) is 12.3. The minimum atomic E-state index is -1.09. The van der Waals surface area contributed by atoms with E-state index in [4.69, 9.17) is 33.0 Å². The molecule has 0 bridgehead atoms. The summed E-state index contributed by atoms with van der Waals surface area (Å²) in [5.41, 5.74) is 3.82. The number of hydrogen-bond acceptors (Lipinski definition) is 10. The summed E-state index contributed by atoms with van der Waals surface area (Å²) in [6, 6.07) is 15.3. The fourth-order valence-electron chi connectivity index (χ4n) is 4.03. The van der Waals surface area contributed by atoms with Gasteiger partial charge in [0, 0.05) is 23.2 Å². The Morgan fingerprint density at radius 1 is 0.795 bits per heavy atom. The number of benzene rings is 2. The molecule has 0 saturated carbocycles. The zero-order valence-corrected chi connectivity index (χ0v) is 27.0. The van der Waals surface area contributed by atoms with Gasteiger partial charge in [-0.1, -0.05) is 45.8 Å². The van der Waals surface area contributed by atoms with Crippen LogP contribution in [-0.2, 0) is 17.8 Å². The van der Waals surface area contributed by atoms with Crippen LogP contribution < -0.4 is 29.6 Å². The first-order chi connectivity index (χ1) is 20.3. The molecule has 0 unspecified atom stereocenters. The first kappa shape index (κ1) is 34.5. The minimum Gasteiger partial charge on any atom is -0.870 e. The SMILES string of the molecule is CCOC(=O)c1cn(Cc2ccc3ncc(Cl)cc3c2)nn1.O=C(O)c1cn(Cc2ccc3ncc(Cl)cc3c2)nn1.[Na+].[OH-]. The molecule has 16 heteroatoms. The van der Waals surface area contributed by atoms with Crippen molar-refractivity contribution in [3.05, 3.63) is 106 Å². The second kappa shape index (κ2) is 15.7. The van der Waals surface area contributed by atoms with Crippen LogP contribution in [0.4, 0.5) is 0 Å². The normalized spacial score (nSPS) is 10.3. The van der Waals surface area contributed by atoms with Crippen LogP contribution in [0.3, 0.4) is 0 Å². The van der Waals surface area contributed by atoms with E-state index in [9.17, 15) is 9.59 Å². The largest absolute Gasteiger partial charge is 1.00 e. The molecule has 6 rings (SSSR count). The summed E-state index contributed by atoms with van der Waals surface area (Å²) < 4.78 is 7.95. The first-order valence-electron chi connectivity index (χ1n) is 12.6. The number of carbonyl (C=O) groups is 2. The summed E-state index contributed by atoms with van der Waals surface area (Å²) in [7, 11) is 0. The van der Waals surface area contributed by atoms with Gasteiger partial charge in [-0.05, 0) is 54.4 Å². The molecule has 4 aromatic heterocycles. The van der Waals surface area contributed by atoms with Crippen LogP contribution >= 0.6 is 23.2 Å². The van der Waals surface area contributed by atoms with E-state index in [2.05, 4.69) is 30.6 Å². The smallest absolute Gasteiger partial charge is 0.870 e. The molecule has 44 heavy (non-hydrogen) atoms. The number of rotatable bonds is 7. The van der Waals surface area contributed by atoms with Crippen molar-refractivity contribution in [2.45, 2.75) is 20.0 Å². The molecule has 0 saturated heterocycles. The summed E-state index contributed by atoms with van der Waals surface area (Å²) in [4.78, 5) is 30.8. The van der Waals surface area contributed by atoms with Crippen molar-refractivity contribution in [3.63, 3.8) is 0 Å². The summed E-state index contributed by atoms with van der Waals surface area (Å²) in [6.07, 6.45) is 6.17. The van der Waals surface area contributed by atoms with Gasteiger partial charge in [-0.2, -0.15) is 0 Å². The molecule has 0 aliphatic heterocycles. The summed E-state index contributed by atoms with van der Waals surface area (Å²) in [5.74, 6) is -1.56. The number of hydrogen-bond donors (Lipinski definition) is 1. The van der Waals surface area contributed by atoms with Gasteiger partial charge in [-0.15, -0.1) is 10.2 Å². The van der Waals surface area contributed by atoms with Crippen LogP contribution in [0.1, 0.15) is 39.0 Å². The van der Waals surface area contributed by atoms with Crippen LogP contribution in [0.2, 0.25) is 10.0 Å². The van der Waals surface area contributed by atoms with Crippen molar-refractivity contribution in [1.82, 2.24) is 40.0 Å². The number of ether oxygens (including phenoxy) is 1. The number of aromatic nitrogens is 8. The molecule has 0 fully saturated rings. The van der Waals surface area contributed by atoms with E-state index >= 15 is 0 Å². The number of halogens is 2. The molecule has 0 amide bonds. The van der Waals surface area contributed by atoms with Crippen LogP contribution in [0, 0.1) is 0 Å². The second-order valence-corrected chi connectivity index (χ2v) is 9.86. The molecule has 2 aromatic carbocycles. The average molecular weight is 645 g/mol. The summed E-state index contributed by atoms with van der Waals surface area (Å²) in [6.45, 7) is 2.98. The van der Waals surface area contributed by atoms with E-state index < -0.39 is 11.9 Å². The molecule has 0 aliphatic rings. The van der Waals surface area contributed by atoms with Crippen LogP contribution in [0.5, 0.6) is 0 Å². The maximum absolute atomic E-state index is 11.6. The number of carbonyl (C=O) groups excluding carboxylic acids is 1. The van der Waals surface area contributed by atoms with E-state index in [0.29, 0.717) is 29.7 Å². The molecule has 2 N–H and O–H groups in total. The third-order valence-electron chi connectivity index (χ3n) is 5.89. The van der Waals surface area contributed by atoms with Gasteiger partial charge >= 0.3 is 41.5 Å². The van der Waals surface area contributed by atoms with Crippen molar-refractivity contribution >= 4 is 56.9 Å². The van der Waals surface area contributed by atoms with E-state index in [1.807, 2.05) is 48.5 Å². The van der Waals surface area contributed by atoms with Crippen molar-refractivity contribution in [2.24, 2.45) is 0 Å². The Hall–Kier alpha value is -3.98. The third-order valence-corrected chi connectivity index (χ3v) is 6.31. The maximum Gasteiger partial charge on any atom is 1.00 e. The standard InChI is InChI=1S/C15H13ClN4O2.C13H9ClN4O2.Na.H2O/c1-2-22-15(21)14-9-20(19-18-14)8-10-3-4-13-11(5-10)6-12(16)7-17-13;14-10-4-9-3-8(1-2-11(9)15-5-10)6-18-7-12(13(19)20)16-17-18;;/h3-7,9H,2,8H2,1H3;1-5,7H,6H2,(H,19,20);;1H2/q;;+1;/p-1. The second-order valence-electron chi connectivity index (χ2n) is 8.99. The van der Waals surface area contributed by atoms with E-state index in [-0.39, 0.29) is 46.4 Å². The van der Waals surface area contributed by atoms with Gasteiger partial charge in [0.2, 0.25) is 0 Å². The number of nitrogens with zero attached hydrogens (tertiary/aromatic N) is 8. The van der Waals surface area contributed by atoms with Gasteiger partial charge in [0.1, 0.15) is 0 Å². The van der Waals surface area contributed by atoms with Crippen molar-refractivity contribution in [3.8, 4) is 0 Å². The molecular formula is C28H23Cl2N8NaO5. The maximum atomic E-state index is 11.6. The number of esters is 1. The Labute approximate surface area is 282 Å². The molecule has 6 aromatic rings. The predicted octanol–water partition coefficient (Wildman–Crippen LogP) is 1.76. The van der Waals surface area contributed by atoms with Gasteiger partial charge in [-0.3, -0.25) is 9.97 Å². The summed E-state index contributed by atoms with van der Waals surface area (Å²) in [5, 5.41) is 26.9. The van der Waals surface area contributed by atoms with Crippen LogP contribution in [0.15, 0.2) is 73.3 Å². The molecule has 0 radical (unpaired) electrons. The average Bonchev–Trinajstić information content (AvgIpc) is 3.63. The molecule has 220 valence electrons. The topological polar surface area (TPSA) is 181 Å². The zero-order valence-electron chi connectivity index (χ0n) is 23.5. The Bertz CT molecular complexity index is 1920.